The molecule has 1 saturated carbocycles. The van der Waals surface area contributed by atoms with Crippen LogP contribution in [0.25, 0.3) is 10.9 Å². The summed E-state index contributed by atoms with van der Waals surface area (Å²) in [6.07, 6.45) is 4.53. The lowest BCUT2D eigenvalue weighted by atomic mass is 10.1. The third kappa shape index (κ3) is 4.75. The lowest BCUT2D eigenvalue weighted by molar-refractivity contribution is 0.398. The van der Waals surface area contributed by atoms with E-state index in [0.29, 0.717) is 27.7 Å². The highest BCUT2D eigenvalue weighted by Gasteiger charge is 2.35. The van der Waals surface area contributed by atoms with Crippen molar-refractivity contribution < 1.29 is 8.42 Å². The zero-order chi connectivity index (χ0) is 20.6. The predicted octanol–water partition coefficient (Wildman–Crippen LogP) is 2.51. The molecule has 29 heavy (non-hydrogen) atoms. The second-order valence-corrected chi connectivity index (χ2v) is 9.49. The molecule has 0 spiro atoms. The van der Waals surface area contributed by atoms with E-state index in [-0.39, 0.29) is 24.7 Å². The number of rotatable bonds is 7. The molecule has 1 aliphatic carbocycles. The molecule has 0 saturated heterocycles. The number of fused-ring (bicyclic) bond motifs is 1. The number of nitrogens with zero attached hydrogens (tertiary/aromatic N) is 3. The van der Waals surface area contributed by atoms with Gasteiger partial charge in [0.1, 0.15) is 0 Å². The van der Waals surface area contributed by atoms with Crippen molar-refractivity contribution in [2.45, 2.75) is 32.0 Å². The fourth-order valence-electron chi connectivity index (χ4n) is 3.14. The molecule has 4 rings (SSSR count). The first-order valence-electron chi connectivity index (χ1n) is 9.14. The third-order valence-electron chi connectivity index (χ3n) is 4.73. The minimum absolute atomic E-state index is 0.0550. The Morgan fingerprint density at radius 1 is 1.28 bits per heavy atom. The van der Waals surface area contributed by atoms with E-state index in [9.17, 15) is 13.2 Å². The summed E-state index contributed by atoms with van der Waals surface area (Å²) in [6, 6.07) is 8.78. The van der Waals surface area contributed by atoms with E-state index in [2.05, 4.69) is 20.3 Å². The maximum absolute atomic E-state index is 12.3. The Bertz CT molecular complexity index is 1220. The van der Waals surface area contributed by atoms with Crippen LogP contribution in [0.4, 0.5) is 5.95 Å². The standard InChI is InChI=1S/C19H20ClN5O3S/c1-29(27,28)25(16-3-4-16)11-15-6-7-21-19(23-15)22-10-13-8-12-9-14(20)2-5-17(12)24-18(13)26/h2,5-9,16H,3-4,10-11H2,1H3,(H,24,26)(H,21,22,23). The van der Waals surface area contributed by atoms with E-state index < -0.39 is 10.0 Å². The smallest absolute Gasteiger partial charge is 0.253 e. The highest BCUT2D eigenvalue weighted by atomic mass is 35.5. The Hall–Kier alpha value is -2.49. The summed E-state index contributed by atoms with van der Waals surface area (Å²) in [7, 11) is -3.30. The van der Waals surface area contributed by atoms with Crippen molar-refractivity contribution in [3.05, 3.63) is 63.2 Å². The molecule has 2 N–H and O–H groups in total. The van der Waals surface area contributed by atoms with E-state index in [0.717, 1.165) is 18.2 Å². The highest BCUT2D eigenvalue weighted by molar-refractivity contribution is 7.88. The van der Waals surface area contributed by atoms with Crippen molar-refractivity contribution in [2.24, 2.45) is 0 Å². The number of sulfonamides is 1. The first kappa shape index (κ1) is 19.8. The molecule has 2 heterocycles. The molecule has 0 unspecified atom stereocenters. The Labute approximate surface area is 173 Å². The fraction of sp³-hybridized carbons (Fsp3) is 0.316. The maximum atomic E-state index is 12.3. The summed E-state index contributed by atoms with van der Waals surface area (Å²) in [5, 5.41) is 4.45. The van der Waals surface area contributed by atoms with E-state index >= 15 is 0 Å². The summed E-state index contributed by atoms with van der Waals surface area (Å²) in [5.41, 5.74) is 1.62. The van der Waals surface area contributed by atoms with Crippen molar-refractivity contribution in [3.63, 3.8) is 0 Å². The molecule has 3 aromatic rings. The number of anilines is 1. The minimum atomic E-state index is -3.30. The highest BCUT2D eigenvalue weighted by Crippen LogP contribution is 2.30. The van der Waals surface area contributed by atoms with Crippen molar-refractivity contribution in [2.75, 3.05) is 11.6 Å². The zero-order valence-corrected chi connectivity index (χ0v) is 17.3. The molecule has 152 valence electrons. The SMILES string of the molecule is CS(=O)(=O)N(Cc1ccnc(NCc2cc3cc(Cl)ccc3[nH]c2=O)n1)C1CC1. The number of nitrogens with one attached hydrogen (secondary N) is 2. The molecule has 0 aliphatic heterocycles. The number of hydrogen-bond donors (Lipinski definition) is 2. The van der Waals surface area contributed by atoms with Crippen LogP contribution in [0.15, 0.2) is 41.3 Å². The van der Waals surface area contributed by atoms with E-state index in [1.54, 1.807) is 36.5 Å². The number of aromatic nitrogens is 3. The first-order valence-corrected chi connectivity index (χ1v) is 11.4. The second kappa shape index (κ2) is 7.74. The minimum Gasteiger partial charge on any atom is -0.350 e. The normalized spacial score (nSPS) is 14.4. The molecule has 1 aromatic carbocycles. The van der Waals surface area contributed by atoms with Crippen LogP contribution in [0.2, 0.25) is 5.02 Å². The number of halogens is 1. The lowest BCUT2D eigenvalue weighted by Gasteiger charge is -2.19. The molecule has 0 bridgehead atoms. The number of benzene rings is 1. The summed E-state index contributed by atoms with van der Waals surface area (Å²) >= 11 is 6.03. The van der Waals surface area contributed by atoms with Crippen LogP contribution in [0.3, 0.4) is 0 Å². The van der Waals surface area contributed by atoms with Crippen LogP contribution < -0.4 is 10.9 Å². The maximum Gasteiger partial charge on any atom is 0.253 e. The molecule has 8 nitrogen and oxygen atoms in total. The van der Waals surface area contributed by atoms with Crippen LogP contribution in [0, 0.1) is 0 Å². The van der Waals surface area contributed by atoms with Crippen LogP contribution in [0.1, 0.15) is 24.1 Å². The molecule has 0 atom stereocenters. The molecule has 2 aromatic heterocycles. The average molecular weight is 434 g/mol. The van der Waals surface area contributed by atoms with Gasteiger partial charge in [0.2, 0.25) is 16.0 Å². The molecule has 0 radical (unpaired) electrons. The lowest BCUT2D eigenvalue weighted by Crippen LogP contribution is -2.32. The summed E-state index contributed by atoms with van der Waals surface area (Å²) in [6.45, 7) is 0.426. The molecule has 0 amide bonds. The van der Waals surface area contributed by atoms with E-state index in [1.165, 1.54) is 10.6 Å². The quantitative estimate of drug-likeness (QED) is 0.592. The summed E-state index contributed by atoms with van der Waals surface area (Å²) in [4.78, 5) is 23.7. The van der Waals surface area contributed by atoms with Gasteiger partial charge in [-0.25, -0.2) is 18.4 Å². The van der Waals surface area contributed by atoms with Gasteiger partial charge in [0.15, 0.2) is 0 Å². The van der Waals surface area contributed by atoms with Gasteiger partial charge in [-0.1, -0.05) is 11.6 Å². The Morgan fingerprint density at radius 2 is 2.07 bits per heavy atom. The molecule has 1 fully saturated rings. The monoisotopic (exact) mass is 433 g/mol. The van der Waals surface area contributed by atoms with Gasteiger partial charge in [-0.05, 0) is 43.2 Å². The topological polar surface area (TPSA) is 108 Å². The molecule has 10 heteroatoms. The van der Waals surface area contributed by atoms with Crippen LogP contribution >= 0.6 is 11.6 Å². The summed E-state index contributed by atoms with van der Waals surface area (Å²) in [5.74, 6) is 0.331. The van der Waals surface area contributed by atoms with Crippen LogP contribution in [0.5, 0.6) is 0 Å². The Balaban J connectivity index is 1.51. The largest absolute Gasteiger partial charge is 0.350 e. The van der Waals surface area contributed by atoms with E-state index in [1.807, 2.05) is 0 Å². The van der Waals surface area contributed by atoms with Gasteiger partial charge in [0, 0.05) is 40.3 Å². The average Bonchev–Trinajstić information content (AvgIpc) is 3.49. The summed E-state index contributed by atoms with van der Waals surface area (Å²) < 4.78 is 25.5. The molecule has 1 aliphatic rings. The number of hydrogen-bond acceptors (Lipinski definition) is 6. The van der Waals surface area contributed by atoms with Crippen LogP contribution in [-0.4, -0.2) is 40.0 Å². The van der Waals surface area contributed by atoms with Gasteiger partial charge in [-0.3, -0.25) is 4.79 Å². The van der Waals surface area contributed by atoms with Gasteiger partial charge in [0.05, 0.1) is 18.5 Å². The second-order valence-electron chi connectivity index (χ2n) is 7.12. The first-order chi connectivity index (χ1) is 13.8. The van der Waals surface area contributed by atoms with Gasteiger partial charge >= 0.3 is 0 Å². The predicted molar refractivity (Wildman–Crippen MR) is 112 cm³/mol. The van der Waals surface area contributed by atoms with Gasteiger partial charge in [0.25, 0.3) is 5.56 Å². The van der Waals surface area contributed by atoms with Crippen LogP contribution in [-0.2, 0) is 23.1 Å². The molecular weight excluding hydrogens is 414 g/mol. The van der Waals surface area contributed by atoms with Crippen molar-refractivity contribution in [1.82, 2.24) is 19.3 Å². The van der Waals surface area contributed by atoms with Gasteiger partial charge < -0.3 is 10.3 Å². The van der Waals surface area contributed by atoms with Gasteiger partial charge in [-0.2, -0.15) is 4.31 Å². The number of H-pyrrole nitrogens is 1. The van der Waals surface area contributed by atoms with Crippen molar-refractivity contribution in [1.29, 1.82) is 0 Å². The number of aromatic amines is 1. The van der Waals surface area contributed by atoms with E-state index in [4.69, 9.17) is 11.6 Å². The number of pyridine rings is 1. The van der Waals surface area contributed by atoms with Gasteiger partial charge in [-0.15, -0.1) is 0 Å². The Kier molecular flexibility index (Phi) is 5.28. The van der Waals surface area contributed by atoms with Crippen molar-refractivity contribution >= 4 is 38.5 Å². The van der Waals surface area contributed by atoms with Crippen molar-refractivity contribution in [3.8, 4) is 0 Å². The molecular formula is C19H20ClN5O3S. The zero-order valence-electron chi connectivity index (χ0n) is 15.7. The Morgan fingerprint density at radius 3 is 2.79 bits per heavy atom. The third-order valence-corrected chi connectivity index (χ3v) is 6.25. The fourth-order valence-corrected chi connectivity index (χ4v) is 4.44.